The van der Waals surface area contributed by atoms with Crippen LogP contribution in [-0.2, 0) is 4.79 Å². The second kappa shape index (κ2) is 8.34. The van der Waals surface area contributed by atoms with Gasteiger partial charge in [-0.15, -0.1) is 0 Å². The number of carbonyl (C=O) groups excluding carboxylic acids is 1. The number of amides is 1. The van der Waals surface area contributed by atoms with Crippen LogP contribution in [0.15, 0.2) is 24.3 Å². The third kappa shape index (κ3) is 5.63. The topological polar surface area (TPSA) is 55.8 Å². The van der Waals surface area contributed by atoms with E-state index in [9.17, 15) is 4.79 Å². The Morgan fingerprint density at radius 2 is 1.86 bits per heavy atom. The predicted octanol–water partition coefficient (Wildman–Crippen LogP) is 1.28. The molecule has 1 amide bonds. The number of halogens is 1. The average molecular weight is 312 g/mol. The number of anilines is 1. The summed E-state index contributed by atoms with van der Waals surface area (Å²) < 4.78 is 0. The van der Waals surface area contributed by atoms with Crippen LogP contribution in [0.4, 0.5) is 5.69 Å². The Labute approximate surface area is 130 Å². The van der Waals surface area contributed by atoms with E-state index in [1.54, 1.807) is 12.1 Å². The minimum Gasteiger partial charge on any atom is -0.395 e. The molecule has 1 aliphatic heterocycles. The molecule has 2 N–H and O–H groups in total. The van der Waals surface area contributed by atoms with Crippen LogP contribution in [0.25, 0.3) is 0 Å². The summed E-state index contributed by atoms with van der Waals surface area (Å²) in [4.78, 5) is 16.4. The van der Waals surface area contributed by atoms with Crippen LogP contribution in [0.5, 0.6) is 0 Å². The van der Waals surface area contributed by atoms with Crippen molar-refractivity contribution in [2.24, 2.45) is 0 Å². The molecule has 0 saturated carbocycles. The van der Waals surface area contributed by atoms with Crippen LogP contribution in [-0.4, -0.2) is 66.7 Å². The SMILES string of the molecule is O=C(CCN1CCN(CCO)CC1)Nc1cccc(Cl)c1. The van der Waals surface area contributed by atoms with Gasteiger partial charge >= 0.3 is 0 Å². The van der Waals surface area contributed by atoms with E-state index in [2.05, 4.69) is 15.1 Å². The van der Waals surface area contributed by atoms with Crippen molar-refractivity contribution >= 4 is 23.2 Å². The van der Waals surface area contributed by atoms with Crippen LogP contribution in [0, 0.1) is 0 Å². The van der Waals surface area contributed by atoms with Gasteiger partial charge in [0.15, 0.2) is 0 Å². The standard InChI is InChI=1S/C15H22ClN3O2/c16-13-2-1-3-14(12-13)17-15(21)4-5-18-6-8-19(9-7-18)10-11-20/h1-3,12,20H,4-11H2,(H,17,21). The number of β-amino-alcohol motifs (C(OH)–C–C–N with tert-alkyl or cyclic N) is 1. The Balaban J connectivity index is 1.68. The fourth-order valence-corrected chi connectivity index (χ4v) is 2.62. The van der Waals surface area contributed by atoms with Gasteiger partial charge in [0.25, 0.3) is 0 Å². The fraction of sp³-hybridized carbons (Fsp3) is 0.533. The van der Waals surface area contributed by atoms with Crippen molar-refractivity contribution in [3.05, 3.63) is 29.3 Å². The molecule has 116 valence electrons. The van der Waals surface area contributed by atoms with Crippen molar-refractivity contribution in [3.63, 3.8) is 0 Å². The van der Waals surface area contributed by atoms with E-state index in [0.29, 0.717) is 11.4 Å². The second-order valence-corrected chi connectivity index (χ2v) is 5.65. The average Bonchev–Trinajstić information content (AvgIpc) is 2.47. The maximum absolute atomic E-state index is 11.9. The molecule has 1 heterocycles. The molecule has 1 saturated heterocycles. The zero-order chi connectivity index (χ0) is 15.1. The van der Waals surface area contributed by atoms with Crippen molar-refractivity contribution in [1.82, 2.24) is 9.80 Å². The molecule has 0 unspecified atom stereocenters. The first kappa shape index (κ1) is 16.2. The first-order chi connectivity index (χ1) is 10.2. The molecule has 0 spiro atoms. The number of carbonyl (C=O) groups is 1. The molecule has 2 rings (SSSR count). The van der Waals surface area contributed by atoms with Gasteiger partial charge in [0.2, 0.25) is 5.91 Å². The summed E-state index contributed by atoms with van der Waals surface area (Å²) in [6.07, 6.45) is 0.479. The van der Waals surface area contributed by atoms with Crippen LogP contribution < -0.4 is 5.32 Å². The van der Waals surface area contributed by atoms with Crippen molar-refractivity contribution in [1.29, 1.82) is 0 Å². The lowest BCUT2D eigenvalue weighted by molar-refractivity contribution is -0.116. The molecule has 21 heavy (non-hydrogen) atoms. The maximum Gasteiger partial charge on any atom is 0.225 e. The summed E-state index contributed by atoms with van der Waals surface area (Å²) in [5.74, 6) is 0.00931. The quantitative estimate of drug-likeness (QED) is 0.831. The molecule has 1 aromatic carbocycles. The highest BCUT2D eigenvalue weighted by Crippen LogP contribution is 2.15. The van der Waals surface area contributed by atoms with Gasteiger partial charge in [-0.3, -0.25) is 9.69 Å². The van der Waals surface area contributed by atoms with Gasteiger partial charge in [0.05, 0.1) is 6.61 Å². The normalized spacial score (nSPS) is 16.9. The number of hydrogen-bond donors (Lipinski definition) is 2. The number of nitrogens with zero attached hydrogens (tertiary/aromatic N) is 2. The maximum atomic E-state index is 11.9. The van der Waals surface area contributed by atoms with E-state index >= 15 is 0 Å². The van der Waals surface area contributed by atoms with Crippen molar-refractivity contribution in [2.45, 2.75) is 6.42 Å². The van der Waals surface area contributed by atoms with E-state index in [1.165, 1.54) is 0 Å². The number of nitrogens with one attached hydrogen (secondary N) is 1. The van der Waals surface area contributed by atoms with Gasteiger partial charge < -0.3 is 15.3 Å². The zero-order valence-corrected chi connectivity index (χ0v) is 12.9. The van der Waals surface area contributed by atoms with Gasteiger partial charge in [-0.25, -0.2) is 0 Å². The van der Waals surface area contributed by atoms with Gasteiger partial charge in [-0.2, -0.15) is 0 Å². The molecule has 1 fully saturated rings. The zero-order valence-electron chi connectivity index (χ0n) is 12.1. The van der Waals surface area contributed by atoms with Crippen molar-refractivity contribution in [3.8, 4) is 0 Å². The minimum atomic E-state index is 0.00931. The number of benzene rings is 1. The lowest BCUT2D eigenvalue weighted by Gasteiger charge is -2.34. The molecule has 1 aliphatic rings. The summed E-state index contributed by atoms with van der Waals surface area (Å²) in [6.45, 7) is 5.52. The summed E-state index contributed by atoms with van der Waals surface area (Å²) in [6, 6.07) is 7.17. The Kier molecular flexibility index (Phi) is 6.45. The van der Waals surface area contributed by atoms with Crippen LogP contribution >= 0.6 is 11.6 Å². The smallest absolute Gasteiger partial charge is 0.225 e. The molecule has 0 aromatic heterocycles. The van der Waals surface area contributed by atoms with Crippen LogP contribution in [0.3, 0.4) is 0 Å². The predicted molar refractivity (Wildman–Crippen MR) is 84.7 cm³/mol. The third-order valence-electron chi connectivity index (χ3n) is 3.64. The highest BCUT2D eigenvalue weighted by Gasteiger charge is 2.16. The molecule has 0 aliphatic carbocycles. The van der Waals surface area contributed by atoms with Crippen molar-refractivity contribution < 1.29 is 9.90 Å². The number of hydrogen-bond acceptors (Lipinski definition) is 4. The van der Waals surface area contributed by atoms with Gasteiger partial charge in [0, 0.05) is 56.4 Å². The molecular formula is C15H22ClN3O2. The lowest BCUT2D eigenvalue weighted by Crippen LogP contribution is -2.47. The fourth-order valence-electron chi connectivity index (χ4n) is 2.43. The Morgan fingerprint density at radius 1 is 1.19 bits per heavy atom. The second-order valence-electron chi connectivity index (χ2n) is 5.22. The molecule has 0 radical (unpaired) electrons. The summed E-state index contributed by atoms with van der Waals surface area (Å²) in [5.41, 5.74) is 0.736. The summed E-state index contributed by atoms with van der Waals surface area (Å²) in [7, 11) is 0. The first-order valence-electron chi connectivity index (χ1n) is 7.28. The van der Waals surface area contributed by atoms with Crippen LogP contribution in [0.2, 0.25) is 5.02 Å². The van der Waals surface area contributed by atoms with Gasteiger partial charge in [-0.1, -0.05) is 17.7 Å². The molecule has 6 heteroatoms. The molecular weight excluding hydrogens is 290 g/mol. The first-order valence-corrected chi connectivity index (χ1v) is 7.66. The monoisotopic (exact) mass is 311 g/mol. The lowest BCUT2D eigenvalue weighted by atomic mass is 10.2. The van der Waals surface area contributed by atoms with Crippen molar-refractivity contribution in [2.75, 3.05) is 51.2 Å². The third-order valence-corrected chi connectivity index (χ3v) is 3.88. The van der Waals surface area contributed by atoms with E-state index in [4.69, 9.17) is 16.7 Å². The van der Waals surface area contributed by atoms with Gasteiger partial charge in [-0.05, 0) is 18.2 Å². The summed E-state index contributed by atoms with van der Waals surface area (Å²) >= 11 is 5.88. The number of aliphatic hydroxyl groups is 1. The molecule has 0 bridgehead atoms. The Bertz CT molecular complexity index is 462. The number of rotatable bonds is 6. The van der Waals surface area contributed by atoms with E-state index in [1.807, 2.05) is 12.1 Å². The highest BCUT2D eigenvalue weighted by molar-refractivity contribution is 6.30. The largest absolute Gasteiger partial charge is 0.395 e. The Hall–Kier alpha value is -1.14. The van der Waals surface area contributed by atoms with Crippen LogP contribution in [0.1, 0.15) is 6.42 Å². The van der Waals surface area contributed by atoms with E-state index in [0.717, 1.165) is 45.0 Å². The molecule has 0 atom stereocenters. The Morgan fingerprint density at radius 3 is 2.48 bits per heavy atom. The number of aliphatic hydroxyl groups excluding tert-OH is 1. The van der Waals surface area contributed by atoms with E-state index < -0.39 is 0 Å². The highest BCUT2D eigenvalue weighted by atomic mass is 35.5. The summed E-state index contributed by atoms with van der Waals surface area (Å²) in [5, 5.41) is 12.4. The minimum absolute atomic E-state index is 0.00931. The molecule has 5 nitrogen and oxygen atoms in total. The molecule has 1 aromatic rings. The van der Waals surface area contributed by atoms with Gasteiger partial charge in [0.1, 0.15) is 0 Å². The van der Waals surface area contributed by atoms with E-state index in [-0.39, 0.29) is 12.5 Å². The number of piperazine rings is 1.